The van der Waals surface area contributed by atoms with Crippen LogP contribution in [0.4, 0.5) is 5.69 Å². The van der Waals surface area contributed by atoms with Gasteiger partial charge in [0.05, 0.1) is 0 Å². The summed E-state index contributed by atoms with van der Waals surface area (Å²) in [6, 6.07) is 17.0. The van der Waals surface area contributed by atoms with Crippen LogP contribution in [-0.2, 0) is 0 Å². The summed E-state index contributed by atoms with van der Waals surface area (Å²) < 4.78 is 0. The fourth-order valence-electron chi connectivity index (χ4n) is 2.04. The van der Waals surface area contributed by atoms with Gasteiger partial charge in [-0.05, 0) is 29.2 Å². The third-order valence-corrected chi connectivity index (χ3v) is 3.44. The van der Waals surface area contributed by atoms with Gasteiger partial charge in [0.1, 0.15) is 0 Å². The van der Waals surface area contributed by atoms with Crippen LogP contribution in [0.1, 0.15) is 36.7 Å². The van der Waals surface area contributed by atoms with Crippen molar-refractivity contribution in [3.63, 3.8) is 0 Å². The summed E-state index contributed by atoms with van der Waals surface area (Å²) in [5.74, 6) is -0.107. The molecular formula is C19H21NO. The molecule has 2 aromatic rings. The molecule has 0 aliphatic heterocycles. The summed E-state index contributed by atoms with van der Waals surface area (Å²) in [6.07, 6.45) is 0. The number of para-hydroxylation sites is 1. The molecule has 0 saturated heterocycles. The lowest BCUT2D eigenvalue weighted by Gasteiger charge is -2.24. The Hall–Kier alpha value is -2.35. The molecular weight excluding hydrogens is 258 g/mol. The van der Waals surface area contributed by atoms with Crippen molar-refractivity contribution in [2.45, 2.75) is 20.8 Å². The van der Waals surface area contributed by atoms with E-state index in [-0.39, 0.29) is 11.3 Å². The van der Waals surface area contributed by atoms with Gasteiger partial charge in [0.25, 0.3) is 5.91 Å². The van der Waals surface area contributed by atoms with Gasteiger partial charge in [-0.1, -0.05) is 63.7 Å². The number of amides is 1. The highest BCUT2D eigenvalue weighted by Crippen LogP contribution is 2.36. The number of benzene rings is 2. The highest BCUT2D eigenvalue weighted by Gasteiger charge is 2.19. The molecule has 0 atom stereocenters. The quantitative estimate of drug-likeness (QED) is 0.841. The normalized spacial score (nSPS) is 11.0. The van der Waals surface area contributed by atoms with Gasteiger partial charge in [0.2, 0.25) is 0 Å². The van der Waals surface area contributed by atoms with Crippen LogP contribution in [0.3, 0.4) is 0 Å². The monoisotopic (exact) mass is 279 g/mol. The van der Waals surface area contributed by atoms with E-state index in [0.29, 0.717) is 5.56 Å². The maximum atomic E-state index is 12.3. The van der Waals surface area contributed by atoms with Crippen LogP contribution in [0.2, 0.25) is 0 Å². The van der Waals surface area contributed by atoms with Crippen LogP contribution in [0.25, 0.3) is 5.57 Å². The first-order valence-corrected chi connectivity index (χ1v) is 7.05. The van der Waals surface area contributed by atoms with E-state index in [1.54, 1.807) is 12.1 Å². The van der Waals surface area contributed by atoms with Crippen molar-refractivity contribution in [1.82, 2.24) is 0 Å². The Labute approximate surface area is 126 Å². The predicted octanol–water partition coefficient (Wildman–Crippen LogP) is 5.00. The summed E-state index contributed by atoms with van der Waals surface area (Å²) >= 11 is 0. The molecule has 0 aliphatic rings. The molecule has 21 heavy (non-hydrogen) atoms. The van der Waals surface area contributed by atoms with E-state index in [9.17, 15) is 4.79 Å². The zero-order chi connectivity index (χ0) is 15.5. The molecule has 2 heteroatoms. The number of hydrogen-bond acceptors (Lipinski definition) is 1. The summed E-state index contributed by atoms with van der Waals surface area (Å²) in [6.45, 7) is 10.5. The lowest BCUT2D eigenvalue weighted by atomic mass is 9.82. The summed E-state index contributed by atoms with van der Waals surface area (Å²) in [4.78, 5) is 12.3. The van der Waals surface area contributed by atoms with Gasteiger partial charge in [-0.15, -0.1) is 0 Å². The second-order valence-electron chi connectivity index (χ2n) is 6.09. The fourth-order valence-corrected chi connectivity index (χ4v) is 2.04. The maximum absolute atomic E-state index is 12.3. The van der Waals surface area contributed by atoms with E-state index < -0.39 is 0 Å². The van der Waals surface area contributed by atoms with Crippen molar-refractivity contribution in [2.24, 2.45) is 5.41 Å². The van der Waals surface area contributed by atoms with E-state index in [1.165, 1.54) is 0 Å². The standard InChI is InChI=1S/C19H21NO/c1-14(19(2,3)4)16-12-8-9-13-17(16)20-18(21)15-10-6-5-7-11-15/h5-13H,1H2,2-4H3,(H,20,21). The lowest BCUT2D eigenvalue weighted by Crippen LogP contribution is -2.15. The van der Waals surface area contributed by atoms with Crippen LogP contribution in [0.15, 0.2) is 61.2 Å². The van der Waals surface area contributed by atoms with E-state index in [4.69, 9.17) is 0 Å². The summed E-state index contributed by atoms with van der Waals surface area (Å²) in [5, 5.41) is 2.98. The minimum atomic E-state index is -0.107. The minimum Gasteiger partial charge on any atom is -0.321 e. The van der Waals surface area contributed by atoms with Crippen molar-refractivity contribution in [2.75, 3.05) is 5.32 Å². The molecule has 0 aliphatic carbocycles. The molecule has 0 unspecified atom stereocenters. The lowest BCUT2D eigenvalue weighted by molar-refractivity contribution is 0.102. The Balaban J connectivity index is 2.30. The molecule has 2 nitrogen and oxygen atoms in total. The number of anilines is 1. The van der Waals surface area contributed by atoms with Gasteiger partial charge in [-0.25, -0.2) is 0 Å². The van der Waals surface area contributed by atoms with Crippen molar-refractivity contribution in [3.05, 3.63) is 72.3 Å². The molecule has 0 saturated carbocycles. The van der Waals surface area contributed by atoms with Crippen molar-refractivity contribution >= 4 is 17.2 Å². The first kappa shape index (κ1) is 15.0. The molecule has 0 radical (unpaired) electrons. The molecule has 0 fully saturated rings. The third kappa shape index (κ3) is 3.60. The highest BCUT2D eigenvalue weighted by molar-refractivity contribution is 6.05. The molecule has 2 aromatic carbocycles. The third-order valence-electron chi connectivity index (χ3n) is 3.44. The summed E-state index contributed by atoms with van der Waals surface area (Å²) in [5.41, 5.74) is 3.38. The first-order chi connectivity index (χ1) is 9.89. The van der Waals surface area contributed by atoms with E-state index >= 15 is 0 Å². The van der Waals surface area contributed by atoms with E-state index in [2.05, 4.69) is 32.7 Å². The fraction of sp³-hybridized carbons (Fsp3) is 0.211. The van der Waals surface area contributed by atoms with Gasteiger partial charge in [-0.2, -0.15) is 0 Å². The molecule has 2 rings (SSSR count). The number of nitrogens with one attached hydrogen (secondary N) is 1. The average Bonchev–Trinajstić information content (AvgIpc) is 2.47. The average molecular weight is 279 g/mol. The number of carbonyl (C=O) groups excluding carboxylic acids is 1. The molecule has 0 bridgehead atoms. The highest BCUT2D eigenvalue weighted by atomic mass is 16.1. The Morgan fingerprint density at radius 3 is 2.14 bits per heavy atom. The Morgan fingerprint density at radius 2 is 1.52 bits per heavy atom. The SMILES string of the molecule is C=C(c1ccccc1NC(=O)c1ccccc1)C(C)(C)C. The van der Waals surface area contributed by atoms with Crippen molar-refractivity contribution in [3.8, 4) is 0 Å². The minimum absolute atomic E-state index is 0.0480. The molecule has 0 spiro atoms. The van der Waals surface area contributed by atoms with Crippen LogP contribution in [-0.4, -0.2) is 5.91 Å². The van der Waals surface area contributed by atoms with Gasteiger partial charge in [-0.3, -0.25) is 4.79 Å². The number of allylic oxidation sites excluding steroid dienone is 1. The Bertz CT molecular complexity index is 651. The zero-order valence-corrected chi connectivity index (χ0v) is 12.8. The first-order valence-electron chi connectivity index (χ1n) is 7.05. The second-order valence-corrected chi connectivity index (χ2v) is 6.09. The van der Waals surface area contributed by atoms with Crippen LogP contribution < -0.4 is 5.32 Å². The number of carbonyl (C=O) groups is 1. The van der Waals surface area contributed by atoms with Gasteiger partial charge in [0, 0.05) is 16.8 Å². The van der Waals surface area contributed by atoms with Gasteiger partial charge in [0.15, 0.2) is 0 Å². The topological polar surface area (TPSA) is 29.1 Å². The van der Waals surface area contributed by atoms with Crippen LogP contribution in [0.5, 0.6) is 0 Å². The Kier molecular flexibility index (Phi) is 4.27. The second kappa shape index (κ2) is 5.96. The van der Waals surface area contributed by atoms with Crippen LogP contribution >= 0.6 is 0 Å². The van der Waals surface area contributed by atoms with Gasteiger partial charge < -0.3 is 5.32 Å². The Morgan fingerprint density at radius 1 is 0.952 bits per heavy atom. The predicted molar refractivity (Wildman–Crippen MR) is 89.3 cm³/mol. The molecule has 0 aromatic heterocycles. The smallest absolute Gasteiger partial charge is 0.255 e. The zero-order valence-electron chi connectivity index (χ0n) is 12.8. The van der Waals surface area contributed by atoms with Gasteiger partial charge >= 0.3 is 0 Å². The van der Waals surface area contributed by atoms with Crippen molar-refractivity contribution in [1.29, 1.82) is 0 Å². The maximum Gasteiger partial charge on any atom is 0.255 e. The number of hydrogen-bond donors (Lipinski definition) is 1. The molecule has 0 heterocycles. The van der Waals surface area contributed by atoms with Crippen molar-refractivity contribution < 1.29 is 4.79 Å². The molecule has 1 amide bonds. The van der Waals surface area contributed by atoms with Crippen LogP contribution in [0, 0.1) is 5.41 Å². The molecule has 1 N–H and O–H groups in total. The molecule has 108 valence electrons. The summed E-state index contributed by atoms with van der Waals surface area (Å²) in [7, 11) is 0. The number of rotatable bonds is 3. The van der Waals surface area contributed by atoms with E-state index in [1.807, 2.05) is 42.5 Å². The van der Waals surface area contributed by atoms with E-state index in [0.717, 1.165) is 16.8 Å². The largest absolute Gasteiger partial charge is 0.321 e.